The fraction of sp³-hybridized carbons (Fsp3) is 0.949. The zero-order valence-electron chi connectivity index (χ0n) is 44.6. The van der Waals surface area contributed by atoms with Crippen molar-refractivity contribution in [2.45, 2.75) is 336 Å². The summed E-state index contributed by atoms with van der Waals surface area (Å²) in [7, 11) is 0. The molecule has 0 heterocycles. The summed E-state index contributed by atoms with van der Waals surface area (Å²) in [5.41, 5.74) is 0. The zero-order valence-corrected chi connectivity index (χ0v) is 44.6. The molecule has 1 atom stereocenters. The maximum absolute atomic E-state index is 12.8. The summed E-state index contributed by atoms with van der Waals surface area (Å²) >= 11 is 0. The molecule has 386 valence electrons. The molecule has 0 aliphatic rings. The van der Waals surface area contributed by atoms with E-state index in [1.165, 1.54) is 218 Å². The lowest BCUT2D eigenvalue weighted by atomic mass is 10.0. The van der Waals surface area contributed by atoms with E-state index < -0.39 is 6.10 Å². The van der Waals surface area contributed by atoms with Crippen LogP contribution in [0.2, 0.25) is 0 Å². The molecular weight excluding hydrogens is 805 g/mol. The molecule has 0 aliphatic heterocycles. The molecule has 6 heteroatoms. The molecular formula is C59H114O6. The molecule has 0 aromatic heterocycles. The van der Waals surface area contributed by atoms with Crippen LogP contribution in [0.3, 0.4) is 0 Å². The van der Waals surface area contributed by atoms with Gasteiger partial charge in [0.2, 0.25) is 0 Å². The van der Waals surface area contributed by atoms with Crippen LogP contribution in [0.5, 0.6) is 0 Å². The Morgan fingerprint density at radius 1 is 0.292 bits per heavy atom. The Bertz CT molecular complexity index is 993. The van der Waals surface area contributed by atoms with Crippen molar-refractivity contribution in [3.8, 4) is 0 Å². The molecule has 0 aliphatic carbocycles. The quantitative estimate of drug-likeness (QED) is 0.0344. The predicted molar refractivity (Wildman–Crippen MR) is 280 cm³/mol. The summed E-state index contributed by atoms with van der Waals surface area (Å²) in [5.74, 6) is 0.808. The lowest BCUT2D eigenvalue weighted by molar-refractivity contribution is -0.167. The predicted octanol–water partition coefficient (Wildman–Crippen LogP) is 19.3. The van der Waals surface area contributed by atoms with Crippen LogP contribution in [0.1, 0.15) is 330 Å². The summed E-state index contributed by atoms with van der Waals surface area (Å²) in [4.78, 5) is 38.1. The van der Waals surface area contributed by atoms with E-state index in [2.05, 4.69) is 34.6 Å². The monoisotopic (exact) mass is 919 g/mol. The number of carbonyl (C=O) groups is 3. The number of esters is 3. The molecule has 0 spiro atoms. The molecule has 65 heavy (non-hydrogen) atoms. The highest BCUT2D eigenvalue weighted by molar-refractivity contribution is 5.71. The van der Waals surface area contributed by atoms with Gasteiger partial charge in [-0.1, -0.05) is 291 Å². The van der Waals surface area contributed by atoms with Gasteiger partial charge in [0.1, 0.15) is 13.2 Å². The molecule has 0 saturated heterocycles. The first kappa shape index (κ1) is 63.4. The van der Waals surface area contributed by atoms with E-state index in [-0.39, 0.29) is 31.1 Å². The first-order valence-electron chi connectivity index (χ1n) is 29.2. The Morgan fingerprint density at radius 2 is 0.508 bits per heavy atom. The van der Waals surface area contributed by atoms with Gasteiger partial charge >= 0.3 is 17.9 Å². The van der Waals surface area contributed by atoms with Gasteiger partial charge in [-0.05, 0) is 31.1 Å². The molecule has 0 N–H and O–H groups in total. The van der Waals surface area contributed by atoms with Crippen molar-refractivity contribution >= 4 is 17.9 Å². The molecule has 0 rings (SSSR count). The fourth-order valence-electron chi connectivity index (χ4n) is 9.05. The topological polar surface area (TPSA) is 78.9 Å². The van der Waals surface area contributed by atoms with E-state index in [9.17, 15) is 14.4 Å². The van der Waals surface area contributed by atoms with Crippen molar-refractivity contribution < 1.29 is 28.6 Å². The Balaban J connectivity index is 4.25. The standard InChI is InChI=1S/C59H114O6/c1-6-7-8-9-10-11-12-13-14-15-20-23-26-29-36-41-46-51-59(62)65-56(53-64-58(61)50-45-40-35-31-30-33-38-43-48-55(4)5)52-63-57(60)49-44-39-34-28-25-22-19-17-16-18-21-24-27-32-37-42-47-54(2)3/h54-56H,6-53H2,1-5H3/t56-/m1/s1. The summed E-state index contributed by atoms with van der Waals surface area (Å²) in [5, 5.41) is 0. The molecule has 0 fully saturated rings. The van der Waals surface area contributed by atoms with Crippen molar-refractivity contribution in [2.75, 3.05) is 13.2 Å². The van der Waals surface area contributed by atoms with Gasteiger partial charge in [0, 0.05) is 19.3 Å². The SMILES string of the molecule is CCCCCCCCCCCCCCCCCCCC(=O)O[C@H](COC(=O)CCCCCCCCCCCCCCCCCCC(C)C)COC(=O)CCCCCCCCCCC(C)C. The van der Waals surface area contributed by atoms with Crippen molar-refractivity contribution in [1.82, 2.24) is 0 Å². The molecule has 6 nitrogen and oxygen atoms in total. The fourth-order valence-corrected chi connectivity index (χ4v) is 9.05. The first-order chi connectivity index (χ1) is 31.7. The summed E-state index contributed by atoms with van der Waals surface area (Å²) in [6.45, 7) is 11.4. The van der Waals surface area contributed by atoms with E-state index in [1.54, 1.807) is 0 Å². The molecule has 0 saturated carbocycles. The zero-order chi connectivity index (χ0) is 47.5. The van der Waals surface area contributed by atoms with Gasteiger partial charge in [-0.15, -0.1) is 0 Å². The van der Waals surface area contributed by atoms with Crippen LogP contribution in [-0.4, -0.2) is 37.2 Å². The Hall–Kier alpha value is -1.59. The Kier molecular flexibility index (Phi) is 50.5. The van der Waals surface area contributed by atoms with Crippen LogP contribution >= 0.6 is 0 Å². The highest BCUT2D eigenvalue weighted by atomic mass is 16.6. The Morgan fingerprint density at radius 3 is 0.754 bits per heavy atom. The van der Waals surface area contributed by atoms with Gasteiger partial charge in [0.15, 0.2) is 6.10 Å². The Labute approximate surface area is 406 Å². The lowest BCUT2D eigenvalue weighted by Gasteiger charge is -2.18. The maximum Gasteiger partial charge on any atom is 0.306 e. The number of rotatable bonds is 53. The molecule has 0 bridgehead atoms. The van der Waals surface area contributed by atoms with Gasteiger partial charge in [-0.2, -0.15) is 0 Å². The maximum atomic E-state index is 12.8. The van der Waals surface area contributed by atoms with E-state index in [4.69, 9.17) is 14.2 Å². The van der Waals surface area contributed by atoms with E-state index in [1.807, 2.05) is 0 Å². The average molecular weight is 920 g/mol. The third-order valence-corrected chi connectivity index (χ3v) is 13.5. The largest absolute Gasteiger partial charge is 0.462 e. The van der Waals surface area contributed by atoms with Gasteiger partial charge < -0.3 is 14.2 Å². The van der Waals surface area contributed by atoms with Crippen molar-refractivity contribution in [3.63, 3.8) is 0 Å². The van der Waals surface area contributed by atoms with E-state index in [0.717, 1.165) is 69.6 Å². The minimum Gasteiger partial charge on any atom is -0.462 e. The summed E-state index contributed by atoms with van der Waals surface area (Å²) in [6, 6.07) is 0. The first-order valence-corrected chi connectivity index (χ1v) is 29.2. The number of carbonyl (C=O) groups excluding carboxylic acids is 3. The third kappa shape index (κ3) is 53.2. The van der Waals surface area contributed by atoms with Gasteiger partial charge in [0.05, 0.1) is 0 Å². The van der Waals surface area contributed by atoms with Gasteiger partial charge in [-0.3, -0.25) is 14.4 Å². The molecule has 0 radical (unpaired) electrons. The molecule has 0 aromatic carbocycles. The minimum atomic E-state index is -0.763. The smallest absolute Gasteiger partial charge is 0.306 e. The highest BCUT2D eigenvalue weighted by Crippen LogP contribution is 2.18. The van der Waals surface area contributed by atoms with Crippen LogP contribution < -0.4 is 0 Å². The number of hydrogen-bond acceptors (Lipinski definition) is 6. The van der Waals surface area contributed by atoms with E-state index in [0.29, 0.717) is 19.3 Å². The second-order valence-electron chi connectivity index (χ2n) is 21.2. The van der Waals surface area contributed by atoms with Crippen molar-refractivity contribution in [2.24, 2.45) is 11.8 Å². The summed E-state index contributed by atoms with van der Waals surface area (Å²) < 4.78 is 16.9. The van der Waals surface area contributed by atoms with E-state index >= 15 is 0 Å². The lowest BCUT2D eigenvalue weighted by Crippen LogP contribution is -2.30. The van der Waals surface area contributed by atoms with Crippen LogP contribution in [0, 0.1) is 11.8 Å². The van der Waals surface area contributed by atoms with Gasteiger partial charge in [0.25, 0.3) is 0 Å². The molecule has 0 unspecified atom stereocenters. The molecule has 0 amide bonds. The normalized spacial score (nSPS) is 12.0. The number of unbranched alkanes of at least 4 members (excludes halogenated alkanes) is 38. The van der Waals surface area contributed by atoms with Gasteiger partial charge in [-0.25, -0.2) is 0 Å². The number of hydrogen-bond donors (Lipinski definition) is 0. The third-order valence-electron chi connectivity index (χ3n) is 13.5. The molecule has 0 aromatic rings. The van der Waals surface area contributed by atoms with Crippen LogP contribution in [0.15, 0.2) is 0 Å². The minimum absolute atomic E-state index is 0.0630. The van der Waals surface area contributed by atoms with Crippen molar-refractivity contribution in [1.29, 1.82) is 0 Å². The van der Waals surface area contributed by atoms with Crippen molar-refractivity contribution in [3.05, 3.63) is 0 Å². The highest BCUT2D eigenvalue weighted by Gasteiger charge is 2.19. The second-order valence-corrected chi connectivity index (χ2v) is 21.2. The second kappa shape index (κ2) is 51.8. The van der Waals surface area contributed by atoms with Crippen LogP contribution in [-0.2, 0) is 28.6 Å². The average Bonchev–Trinajstić information content (AvgIpc) is 3.28. The number of ether oxygens (including phenoxy) is 3. The summed E-state index contributed by atoms with van der Waals surface area (Å²) in [6.07, 6.45) is 55.3. The van der Waals surface area contributed by atoms with Crippen LogP contribution in [0.4, 0.5) is 0 Å². The van der Waals surface area contributed by atoms with Crippen LogP contribution in [0.25, 0.3) is 0 Å².